The summed E-state index contributed by atoms with van der Waals surface area (Å²) in [5.74, 6) is 0.163. The standard InChI is InChI=1S/C17H26N2O3S/c1-14-6-3-8-17(12-14)23(21,22)11-5-10-19-9-4-7-16(13-19)18-15(2)20/h3,6,8,12,16H,4-5,7,9-11,13H2,1-2H3,(H,18,20). The molecule has 1 aliphatic rings. The van der Waals surface area contributed by atoms with Crippen LogP contribution in [0.25, 0.3) is 0 Å². The van der Waals surface area contributed by atoms with E-state index in [1.54, 1.807) is 18.2 Å². The summed E-state index contributed by atoms with van der Waals surface area (Å²) in [5.41, 5.74) is 0.959. The minimum absolute atomic E-state index is 0.00104. The number of carbonyl (C=O) groups is 1. The van der Waals surface area contributed by atoms with Gasteiger partial charge < -0.3 is 10.2 Å². The van der Waals surface area contributed by atoms with Gasteiger partial charge in [0.2, 0.25) is 5.91 Å². The Kier molecular flexibility index (Phi) is 6.18. The van der Waals surface area contributed by atoms with Gasteiger partial charge in [0, 0.05) is 19.5 Å². The van der Waals surface area contributed by atoms with Crippen LogP contribution in [-0.2, 0) is 14.6 Å². The SMILES string of the molecule is CC(=O)NC1CCCN(CCCS(=O)(=O)c2cccc(C)c2)C1. The first-order valence-electron chi connectivity index (χ1n) is 8.16. The Hall–Kier alpha value is -1.40. The zero-order valence-electron chi connectivity index (χ0n) is 13.9. The summed E-state index contributed by atoms with van der Waals surface area (Å²) in [4.78, 5) is 13.8. The highest BCUT2D eigenvalue weighted by atomic mass is 32.2. The number of hydrogen-bond donors (Lipinski definition) is 1. The third-order valence-electron chi connectivity index (χ3n) is 4.15. The third-order valence-corrected chi connectivity index (χ3v) is 5.95. The number of likely N-dealkylation sites (tertiary alicyclic amines) is 1. The Labute approximate surface area is 139 Å². The van der Waals surface area contributed by atoms with Gasteiger partial charge in [0.05, 0.1) is 10.6 Å². The highest BCUT2D eigenvalue weighted by molar-refractivity contribution is 7.91. The number of nitrogens with one attached hydrogen (secondary N) is 1. The molecule has 1 aromatic carbocycles. The monoisotopic (exact) mass is 338 g/mol. The Balaban J connectivity index is 1.83. The van der Waals surface area contributed by atoms with Crippen molar-refractivity contribution < 1.29 is 13.2 Å². The molecule has 0 radical (unpaired) electrons. The van der Waals surface area contributed by atoms with Gasteiger partial charge in [-0.1, -0.05) is 12.1 Å². The summed E-state index contributed by atoms with van der Waals surface area (Å²) in [6, 6.07) is 7.26. The summed E-state index contributed by atoms with van der Waals surface area (Å²) >= 11 is 0. The number of aryl methyl sites for hydroxylation is 1. The minimum Gasteiger partial charge on any atom is -0.352 e. The van der Waals surface area contributed by atoms with Crippen molar-refractivity contribution in [1.29, 1.82) is 0 Å². The molecule has 1 atom stereocenters. The first-order valence-corrected chi connectivity index (χ1v) is 9.81. The first-order chi connectivity index (χ1) is 10.9. The average Bonchev–Trinajstić information content (AvgIpc) is 2.47. The Morgan fingerprint density at radius 2 is 2.17 bits per heavy atom. The van der Waals surface area contributed by atoms with Gasteiger partial charge in [-0.15, -0.1) is 0 Å². The number of carbonyl (C=O) groups excluding carboxylic acids is 1. The normalized spacial score (nSPS) is 19.5. The lowest BCUT2D eigenvalue weighted by molar-refractivity contribution is -0.120. The second kappa shape index (κ2) is 7.93. The maximum absolute atomic E-state index is 12.4. The summed E-state index contributed by atoms with van der Waals surface area (Å²) in [6.07, 6.45) is 2.65. The van der Waals surface area contributed by atoms with Crippen LogP contribution in [0.3, 0.4) is 0 Å². The molecule has 2 rings (SSSR count). The molecule has 1 amide bonds. The smallest absolute Gasteiger partial charge is 0.217 e. The van der Waals surface area contributed by atoms with E-state index in [2.05, 4.69) is 10.2 Å². The van der Waals surface area contributed by atoms with E-state index in [4.69, 9.17) is 0 Å². The Bertz CT molecular complexity index is 643. The summed E-state index contributed by atoms with van der Waals surface area (Å²) in [5, 5.41) is 2.95. The van der Waals surface area contributed by atoms with E-state index >= 15 is 0 Å². The van der Waals surface area contributed by atoms with Crippen molar-refractivity contribution in [3.63, 3.8) is 0 Å². The molecule has 6 heteroatoms. The fourth-order valence-corrected chi connectivity index (χ4v) is 4.46. The maximum atomic E-state index is 12.4. The fourth-order valence-electron chi connectivity index (χ4n) is 3.07. The van der Waals surface area contributed by atoms with Crippen molar-refractivity contribution in [1.82, 2.24) is 10.2 Å². The van der Waals surface area contributed by atoms with Crippen LogP contribution in [0.2, 0.25) is 0 Å². The lowest BCUT2D eigenvalue weighted by atomic mass is 10.1. The van der Waals surface area contributed by atoms with E-state index in [1.165, 1.54) is 6.92 Å². The molecule has 0 bridgehead atoms. The van der Waals surface area contributed by atoms with Gasteiger partial charge in [0.15, 0.2) is 9.84 Å². The second-order valence-corrected chi connectivity index (χ2v) is 8.44. The molecule has 23 heavy (non-hydrogen) atoms. The van der Waals surface area contributed by atoms with Crippen LogP contribution in [0, 0.1) is 6.92 Å². The fraction of sp³-hybridized carbons (Fsp3) is 0.588. The topological polar surface area (TPSA) is 66.5 Å². The van der Waals surface area contributed by atoms with Gasteiger partial charge in [-0.2, -0.15) is 0 Å². The Morgan fingerprint density at radius 1 is 1.39 bits per heavy atom. The molecule has 1 N–H and O–H groups in total. The van der Waals surface area contributed by atoms with Crippen molar-refractivity contribution in [2.45, 2.75) is 44.0 Å². The molecule has 0 saturated carbocycles. The maximum Gasteiger partial charge on any atom is 0.217 e. The number of nitrogens with zero attached hydrogens (tertiary/aromatic N) is 1. The van der Waals surface area contributed by atoms with E-state index in [0.717, 1.165) is 38.0 Å². The lowest BCUT2D eigenvalue weighted by Crippen LogP contribution is -2.47. The first kappa shape index (κ1) is 17.9. The van der Waals surface area contributed by atoms with Gasteiger partial charge >= 0.3 is 0 Å². The van der Waals surface area contributed by atoms with Crippen LogP contribution in [-0.4, -0.2) is 50.7 Å². The molecule has 1 aliphatic heterocycles. The summed E-state index contributed by atoms with van der Waals surface area (Å²) in [7, 11) is -3.21. The number of piperidine rings is 1. The number of sulfone groups is 1. The van der Waals surface area contributed by atoms with Gasteiger partial charge in [0.25, 0.3) is 0 Å². The molecule has 0 aromatic heterocycles. The number of benzene rings is 1. The van der Waals surface area contributed by atoms with Crippen LogP contribution in [0.4, 0.5) is 0 Å². The van der Waals surface area contributed by atoms with Crippen LogP contribution in [0.5, 0.6) is 0 Å². The van der Waals surface area contributed by atoms with Gasteiger partial charge in [-0.3, -0.25) is 4.79 Å². The zero-order chi connectivity index (χ0) is 16.9. The van der Waals surface area contributed by atoms with Crippen LogP contribution in [0.1, 0.15) is 31.7 Å². The van der Waals surface area contributed by atoms with Gasteiger partial charge in [0.1, 0.15) is 0 Å². The largest absolute Gasteiger partial charge is 0.352 e. The molecule has 1 fully saturated rings. The predicted molar refractivity (Wildman–Crippen MR) is 91.1 cm³/mol. The van der Waals surface area contributed by atoms with Crippen molar-refractivity contribution in [2.24, 2.45) is 0 Å². The van der Waals surface area contributed by atoms with E-state index < -0.39 is 9.84 Å². The van der Waals surface area contributed by atoms with Crippen molar-refractivity contribution in [3.05, 3.63) is 29.8 Å². The molecule has 128 valence electrons. The minimum atomic E-state index is -3.21. The molecule has 1 aromatic rings. The van der Waals surface area contributed by atoms with E-state index in [9.17, 15) is 13.2 Å². The van der Waals surface area contributed by atoms with Crippen molar-refractivity contribution in [2.75, 3.05) is 25.4 Å². The molecule has 5 nitrogen and oxygen atoms in total. The second-order valence-electron chi connectivity index (χ2n) is 6.33. The number of amides is 1. The quantitative estimate of drug-likeness (QED) is 0.858. The van der Waals surface area contributed by atoms with E-state index in [1.807, 2.05) is 13.0 Å². The third kappa shape index (κ3) is 5.62. The predicted octanol–water partition coefficient (Wildman–Crippen LogP) is 1.76. The highest BCUT2D eigenvalue weighted by Crippen LogP contribution is 2.15. The molecule has 0 spiro atoms. The van der Waals surface area contributed by atoms with Crippen LogP contribution >= 0.6 is 0 Å². The van der Waals surface area contributed by atoms with Crippen molar-refractivity contribution >= 4 is 15.7 Å². The highest BCUT2D eigenvalue weighted by Gasteiger charge is 2.21. The Morgan fingerprint density at radius 3 is 2.87 bits per heavy atom. The molecule has 1 saturated heterocycles. The number of hydrogen-bond acceptors (Lipinski definition) is 4. The molecule has 1 unspecified atom stereocenters. The van der Waals surface area contributed by atoms with Crippen LogP contribution < -0.4 is 5.32 Å². The molecular weight excluding hydrogens is 312 g/mol. The zero-order valence-corrected chi connectivity index (χ0v) is 14.7. The summed E-state index contributed by atoms with van der Waals surface area (Å²) < 4.78 is 24.7. The molecule has 0 aliphatic carbocycles. The van der Waals surface area contributed by atoms with Crippen molar-refractivity contribution in [3.8, 4) is 0 Å². The molecule has 1 heterocycles. The average molecular weight is 338 g/mol. The number of rotatable bonds is 6. The van der Waals surface area contributed by atoms with Gasteiger partial charge in [-0.05, 0) is 57.0 Å². The molecular formula is C17H26N2O3S. The van der Waals surface area contributed by atoms with Gasteiger partial charge in [-0.25, -0.2) is 8.42 Å². The van der Waals surface area contributed by atoms with E-state index in [-0.39, 0.29) is 17.7 Å². The lowest BCUT2D eigenvalue weighted by Gasteiger charge is -2.32. The summed E-state index contributed by atoms with van der Waals surface area (Å²) in [6.45, 7) is 5.97. The van der Waals surface area contributed by atoms with E-state index in [0.29, 0.717) is 11.3 Å². The van der Waals surface area contributed by atoms with Crippen LogP contribution in [0.15, 0.2) is 29.2 Å².